The van der Waals surface area contributed by atoms with Gasteiger partial charge in [0.1, 0.15) is 17.1 Å². The van der Waals surface area contributed by atoms with E-state index in [0.717, 1.165) is 23.6 Å². The molecule has 3 heterocycles. The number of fused-ring (bicyclic) bond motifs is 1. The van der Waals surface area contributed by atoms with Gasteiger partial charge in [0.15, 0.2) is 0 Å². The Kier molecular flexibility index (Phi) is 3.46. The number of hydrogen-bond donors (Lipinski definition) is 0. The standard InChI is InChI=1S/C14H18N2OS/c1-17-13-3-2-6-16-12(13)10-15-14(16)9-11-4-7-18-8-5-11/h2-3,6,10-11H,4-5,7-9H2,1H3. The SMILES string of the molecule is COc1cccn2c(CC3CCSCC3)ncc12. The van der Waals surface area contributed by atoms with Gasteiger partial charge in [0.05, 0.1) is 13.3 Å². The fraction of sp³-hybridized carbons (Fsp3) is 0.500. The quantitative estimate of drug-likeness (QED) is 0.850. The molecule has 1 saturated heterocycles. The van der Waals surface area contributed by atoms with Crippen LogP contribution < -0.4 is 4.74 Å². The molecule has 0 atom stereocenters. The highest BCUT2D eigenvalue weighted by atomic mass is 32.2. The minimum absolute atomic E-state index is 0.794. The van der Waals surface area contributed by atoms with Gasteiger partial charge < -0.3 is 9.14 Å². The summed E-state index contributed by atoms with van der Waals surface area (Å²) in [4.78, 5) is 4.57. The molecule has 0 aliphatic carbocycles. The number of aromatic nitrogens is 2. The van der Waals surface area contributed by atoms with Crippen LogP contribution in [0.2, 0.25) is 0 Å². The molecule has 1 aliphatic heterocycles. The molecule has 4 heteroatoms. The Bertz CT molecular complexity index is 532. The first kappa shape index (κ1) is 11.9. The van der Waals surface area contributed by atoms with Crippen molar-refractivity contribution in [3.05, 3.63) is 30.4 Å². The maximum Gasteiger partial charge on any atom is 0.144 e. The number of rotatable bonds is 3. The molecule has 18 heavy (non-hydrogen) atoms. The molecule has 0 aromatic carbocycles. The van der Waals surface area contributed by atoms with E-state index in [-0.39, 0.29) is 0 Å². The Morgan fingerprint density at radius 2 is 2.28 bits per heavy atom. The van der Waals surface area contributed by atoms with Crippen LogP contribution in [0.5, 0.6) is 5.75 Å². The normalized spacial score (nSPS) is 17.2. The lowest BCUT2D eigenvalue weighted by atomic mass is 9.98. The van der Waals surface area contributed by atoms with Crippen molar-refractivity contribution in [1.29, 1.82) is 0 Å². The Hall–Kier alpha value is -1.16. The zero-order valence-electron chi connectivity index (χ0n) is 10.6. The van der Waals surface area contributed by atoms with Gasteiger partial charge in [-0.1, -0.05) is 0 Å². The summed E-state index contributed by atoms with van der Waals surface area (Å²) in [6.07, 6.45) is 7.73. The topological polar surface area (TPSA) is 26.5 Å². The molecular formula is C14H18N2OS. The van der Waals surface area contributed by atoms with Crippen LogP contribution in [0, 0.1) is 5.92 Å². The van der Waals surface area contributed by atoms with Gasteiger partial charge in [-0.3, -0.25) is 0 Å². The predicted octanol–water partition coefficient (Wildman–Crippen LogP) is 3.03. The van der Waals surface area contributed by atoms with E-state index in [4.69, 9.17) is 4.74 Å². The average Bonchev–Trinajstić information content (AvgIpc) is 2.83. The fourth-order valence-electron chi connectivity index (χ4n) is 2.58. The number of ether oxygens (including phenoxy) is 1. The third kappa shape index (κ3) is 2.21. The van der Waals surface area contributed by atoms with Crippen molar-refractivity contribution >= 4 is 17.3 Å². The van der Waals surface area contributed by atoms with E-state index in [1.54, 1.807) is 7.11 Å². The Morgan fingerprint density at radius 1 is 1.44 bits per heavy atom. The smallest absolute Gasteiger partial charge is 0.144 e. The highest BCUT2D eigenvalue weighted by Crippen LogP contribution is 2.27. The molecule has 1 fully saturated rings. The number of hydrogen-bond acceptors (Lipinski definition) is 3. The highest BCUT2D eigenvalue weighted by Gasteiger charge is 2.17. The number of thioether (sulfide) groups is 1. The van der Waals surface area contributed by atoms with Gasteiger partial charge in [0.25, 0.3) is 0 Å². The Morgan fingerprint density at radius 3 is 3.06 bits per heavy atom. The van der Waals surface area contributed by atoms with E-state index in [1.165, 1.54) is 30.2 Å². The first-order chi connectivity index (χ1) is 8.88. The van der Waals surface area contributed by atoms with Gasteiger partial charge in [-0.25, -0.2) is 4.98 Å². The second kappa shape index (κ2) is 5.22. The largest absolute Gasteiger partial charge is 0.494 e. The lowest BCUT2D eigenvalue weighted by Gasteiger charge is -2.20. The van der Waals surface area contributed by atoms with Crippen LogP contribution >= 0.6 is 11.8 Å². The molecule has 0 N–H and O–H groups in total. The molecule has 2 aromatic rings. The molecule has 1 aliphatic rings. The van der Waals surface area contributed by atoms with Crippen molar-refractivity contribution in [3.8, 4) is 5.75 Å². The van der Waals surface area contributed by atoms with Crippen molar-refractivity contribution < 1.29 is 4.74 Å². The maximum atomic E-state index is 5.37. The minimum Gasteiger partial charge on any atom is -0.494 e. The average molecular weight is 262 g/mol. The number of nitrogens with zero attached hydrogens (tertiary/aromatic N) is 2. The molecule has 96 valence electrons. The first-order valence-electron chi connectivity index (χ1n) is 6.45. The van der Waals surface area contributed by atoms with E-state index < -0.39 is 0 Å². The van der Waals surface area contributed by atoms with E-state index >= 15 is 0 Å². The first-order valence-corrected chi connectivity index (χ1v) is 7.60. The van der Waals surface area contributed by atoms with Crippen molar-refractivity contribution in [2.45, 2.75) is 19.3 Å². The summed E-state index contributed by atoms with van der Waals surface area (Å²) in [5.41, 5.74) is 1.07. The number of pyridine rings is 1. The molecule has 0 amide bonds. The summed E-state index contributed by atoms with van der Waals surface area (Å²) in [5.74, 6) is 5.47. The van der Waals surface area contributed by atoms with Crippen molar-refractivity contribution in [2.24, 2.45) is 5.92 Å². The van der Waals surface area contributed by atoms with Crippen LogP contribution in [-0.4, -0.2) is 28.0 Å². The Labute approximate surface area is 112 Å². The lowest BCUT2D eigenvalue weighted by molar-refractivity contribution is 0.417. The summed E-state index contributed by atoms with van der Waals surface area (Å²) in [7, 11) is 1.71. The second-order valence-electron chi connectivity index (χ2n) is 4.77. The van der Waals surface area contributed by atoms with Gasteiger partial charge in [0.2, 0.25) is 0 Å². The minimum atomic E-state index is 0.794. The van der Waals surface area contributed by atoms with E-state index in [2.05, 4.69) is 27.3 Å². The third-order valence-electron chi connectivity index (χ3n) is 3.64. The van der Waals surface area contributed by atoms with Crippen LogP contribution in [0.15, 0.2) is 24.5 Å². The summed E-state index contributed by atoms with van der Waals surface area (Å²) < 4.78 is 7.53. The van der Waals surface area contributed by atoms with Gasteiger partial charge >= 0.3 is 0 Å². The lowest BCUT2D eigenvalue weighted by Crippen LogP contribution is -2.13. The molecule has 0 spiro atoms. The van der Waals surface area contributed by atoms with E-state index in [9.17, 15) is 0 Å². The molecule has 0 saturated carbocycles. The van der Waals surface area contributed by atoms with E-state index in [0.29, 0.717) is 0 Å². The predicted molar refractivity (Wildman–Crippen MR) is 75.5 cm³/mol. The molecule has 0 radical (unpaired) electrons. The molecule has 3 nitrogen and oxygen atoms in total. The zero-order chi connectivity index (χ0) is 12.4. The van der Waals surface area contributed by atoms with Crippen LogP contribution in [-0.2, 0) is 6.42 Å². The highest BCUT2D eigenvalue weighted by molar-refractivity contribution is 7.99. The van der Waals surface area contributed by atoms with Gasteiger partial charge in [-0.15, -0.1) is 0 Å². The van der Waals surface area contributed by atoms with Crippen molar-refractivity contribution in [2.75, 3.05) is 18.6 Å². The molecule has 3 rings (SSSR count). The Balaban J connectivity index is 1.88. The van der Waals surface area contributed by atoms with Crippen LogP contribution in [0.25, 0.3) is 5.52 Å². The molecule has 2 aromatic heterocycles. The summed E-state index contributed by atoms with van der Waals surface area (Å²) >= 11 is 2.07. The summed E-state index contributed by atoms with van der Waals surface area (Å²) in [5, 5.41) is 0. The van der Waals surface area contributed by atoms with Gasteiger partial charge in [0, 0.05) is 12.6 Å². The van der Waals surface area contributed by atoms with Crippen molar-refractivity contribution in [3.63, 3.8) is 0 Å². The van der Waals surface area contributed by atoms with Gasteiger partial charge in [-0.05, 0) is 42.4 Å². The second-order valence-corrected chi connectivity index (χ2v) is 5.99. The van der Waals surface area contributed by atoms with Gasteiger partial charge in [-0.2, -0.15) is 11.8 Å². The van der Waals surface area contributed by atoms with Crippen LogP contribution in [0.1, 0.15) is 18.7 Å². The fourth-order valence-corrected chi connectivity index (χ4v) is 3.79. The van der Waals surface area contributed by atoms with E-state index in [1.807, 2.05) is 18.3 Å². The maximum absolute atomic E-state index is 5.37. The monoisotopic (exact) mass is 262 g/mol. The number of methoxy groups -OCH3 is 1. The molecule has 0 unspecified atom stereocenters. The van der Waals surface area contributed by atoms with Crippen LogP contribution in [0.3, 0.4) is 0 Å². The summed E-state index contributed by atoms with van der Waals surface area (Å²) in [6.45, 7) is 0. The number of imidazole rings is 1. The summed E-state index contributed by atoms with van der Waals surface area (Å²) in [6, 6.07) is 4.01. The molecule has 0 bridgehead atoms. The van der Waals surface area contributed by atoms with Crippen LogP contribution in [0.4, 0.5) is 0 Å². The zero-order valence-corrected chi connectivity index (χ0v) is 11.4. The third-order valence-corrected chi connectivity index (χ3v) is 4.69. The van der Waals surface area contributed by atoms with Crippen molar-refractivity contribution in [1.82, 2.24) is 9.38 Å². The molecular weight excluding hydrogens is 244 g/mol.